The first-order valence-electron chi connectivity index (χ1n) is 6.85. The van der Waals surface area contributed by atoms with Gasteiger partial charge in [0.15, 0.2) is 0 Å². The number of para-hydroxylation sites is 1. The standard InChI is InChI=1S/C17H11FN2O2/c18-12-7-5-10(6-8-12)15-19-16(21)13-9-11-3-1-2-4-14(11)22-17(13)20-15/h1-8H,9H2,(H,19,20,21). The maximum atomic E-state index is 13.0. The molecule has 1 aromatic heterocycles. The van der Waals surface area contributed by atoms with Crippen LogP contribution in [0.25, 0.3) is 11.4 Å². The van der Waals surface area contributed by atoms with E-state index in [1.54, 1.807) is 12.1 Å². The van der Waals surface area contributed by atoms with Crippen molar-refractivity contribution >= 4 is 0 Å². The van der Waals surface area contributed by atoms with E-state index in [-0.39, 0.29) is 11.4 Å². The van der Waals surface area contributed by atoms with Crippen molar-refractivity contribution in [3.05, 3.63) is 75.8 Å². The summed E-state index contributed by atoms with van der Waals surface area (Å²) < 4.78 is 18.7. The predicted octanol–water partition coefficient (Wildman–Crippen LogP) is 3.27. The number of H-pyrrole nitrogens is 1. The average Bonchev–Trinajstić information content (AvgIpc) is 2.54. The Hall–Kier alpha value is -2.95. The zero-order chi connectivity index (χ0) is 15.1. The van der Waals surface area contributed by atoms with Crippen LogP contribution in [0.15, 0.2) is 53.3 Å². The van der Waals surface area contributed by atoms with E-state index in [0.717, 1.165) is 5.56 Å². The van der Waals surface area contributed by atoms with Crippen LogP contribution in [0.1, 0.15) is 11.1 Å². The number of hydrogen-bond donors (Lipinski definition) is 1. The van der Waals surface area contributed by atoms with Crippen LogP contribution in [0, 0.1) is 5.82 Å². The second-order valence-electron chi connectivity index (χ2n) is 5.09. The Morgan fingerprint density at radius 2 is 1.86 bits per heavy atom. The van der Waals surface area contributed by atoms with E-state index in [9.17, 15) is 9.18 Å². The maximum Gasteiger partial charge on any atom is 0.258 e. The zero-order valence-electron chi connectivity index (χ0n) is 11.5. The third-order valence-corrected chi connectivity index (χ3v) is 3.64. The number of hydrogen-bond acceptors (Lipinski definition) is 3. The van der Waals surface area contributed by atoms with Crippen molar-refractivity contribution in [1.82, 2.24) is 9.97 Å². The van der Waals surface area contributed by atoms with Gasteiger partial charge in [0.1, 0.15) is 17.4 Å². The number of aromatic nitrogens is 2. The first kappa shape index (κ1) is 12.8. The second kappa shape index (κ2) is 4.80. The van der Waals surface area contributed by atoms with E-state index < -0.39 is 0 Å². The lowest BCUT2D eigenvalue weighted by Crippen LogP contribution is -2.20. The van der Waals surface area contributed by atoms with Gasteiger partial charge in [-0.3, -0.25) is 4.79 Å². The lowest BCUT2D eigenvalue weighted by atomic mass is 10.0. The molecule has 4 nitrogen and oxygen atoms in total. The minimum Gasteiger partial charge on any atom is -0.438 e. The van der Waals surface area contributed by atoms with Crippen molar-refractivity contribution in [2.75, 3.05) is 0 Å². The molecule has 1 aliphatic rings. The molecule has 5 heteroatoms. The Morgan fingerprint density at radius 1 is 1.09 bits per heavy atom. The molecule has 2 heterocycles. The molecule has 0 unspecified atom stereocenters. The fourth-order valence-corrected chi connectivity index (χ4v) is 2.51. The van der Waals surface area contributed by atoms with Gasteiger partial charge in [-0.05, 0) is 35.9 Å². The van der Waals surface area contributed by atoms with Gasteiger partial charge < -0.3 is 9.72 Å². The molecule has 1 aliphatic heterocycles. The van der Waals surface area contributed by atoms with Crippen LogP contribution in [-0.2, 0) is 6.42 Å². The van der Waals surface area contributed by atoms with Gasteiger partial charge in [-0.1, -0.05) is 18.2 Å². The number of nitrogens with one attached hydrogen (secondary N) is 1. The van der Waals surface area contributed by atoms with E-state index >= 15 is 0 Å². The topological polar surface area (TPSA) is 55.0 Å². The minimum atomic E-state index is -0.339. The molecule has 0 fully saturated rings. The van der Waals surface area contributed by atoms with Crippen molar-refractivity contribution < 1.29 is 9.13 Å². The quantitative estimate of drug-likeness (QED) is 0.586. The molecule has 0 saturated carbocycles. The first-order chi connectivity index (χ1) is 10.7. The highest BCUT2D eigenvalue weighted by atomic mass is 19.1. The summed E-state index contributed by atoms with van der Waals surface area (Å²) in [6.07, 6.45) is 0.484. The van der Waals surface area contributed by atoms with Gasteiger partial charge in [0, 0.05) is 12.0 Å². The molecule has 4 rings (SSSR count). The molecule has 1 N–H and O–H groups in total. The molecule has 0 aliphatic carbocycles. The van der Waals surface area contributed by atoms with Crippen molar-refractivity contribution in [3.63, 3.8) is 0 Å². The third kappa shape index (κ3) is 2.07. The number of ether oxygens (including phenoxy) is 1. The highest BCUT2D eigenvalue weighted by Gasteiger charge is 2.22. The van der Waals surface area contributed by atoms with Crippen LogP contribution in [0.3, 0.4) is 0 Å². The summed E-state index contributed by atoms with van der Waals surface area (Å²) in [6.45, 7) is 0. The van der Waals surface area contributed by atoms with Crippen molar-refractivity contribution in [2.24, 2.45) is 0 Å². The summed E-state index contributed by atoms with van der Waals surface area (Å²) in [7, 11) is 0. The summed E-state index contributed by atoms with van der Waals surface area (Å²) in [5.41, 5.74) is 1.85. The predicted molar refractivity (Wildman–Crippen MR) is 79.6 cm³/mol. The SMILES string of the molecule is O=c1[nH]c(-c2ccc(F)cc2)nc2c1Cc1ccccc1O2. The summed E-state index contributed by atoms with van der Waals surface area (Å²) in [6, 6.07) is 13.3. The van der Waals surface area contributed by atoms with Crippen LogP contribution in [0.2, 0.25) is 0 Å². The van der Waals surface area contributed by atoms with Crippen LogP contribution >= 0.6 is 0 Å². The maximum absolute atomic E-state index is 13.0. The number of benzene rings is 2. The van der Waals surface area contributed by atoms with Crippen molar-refractivity contribution in [3.8, 4) is 23.0 Å². The van der Waals surface area contributed by atoms with Crippen LogP contribution in [0.4, 0.5) is 4.39 Å². The van der Waals surface area contributed by atoms with Gasteiger partial charge >= 0.3 is 0 Å². The summed E-state index contributed by atoms with van der Waals surface area (Å²) in [4.78, 5) is 19.4. The van der Waals surface area contributed by atoms with Crippen LogP contribution < -0.4 is 10.3 Å². The average molecular weight is 294 g/mol. The van der Waals surface area contributed by atoms with Gasteiger partial charge in [0.2, 0.25) is 5.88 Å². The lowest BCUT2D eigenvalue weighted by molar-refractivity contribution is 0.438. The number of rotatable bonds is 1. The monoisotopic (exact) mass is 294 g/mol. The smallest absolute Gasteiger partial charge is 0.258 e. The Balaban J connectivity index is 1.82. The van der Waals surface area contributed by atoms with Gasteiger partial charge in [-0.15, -0.1) is 0 Å². The van der Waals surface area contributed by atoms with Gasteiger partial charge in [0.25, 0.3) is 5.56 Å². The summed E-state index contributed by atoms with van der Waals surface area (Å²) in [5, 5.41) is 0. The molecule has 108 valence electrons. The lowest BCUT2D eigenvalue weighted by Gasteiger charge is -2.18. The highest BCUT2D eigenvalue weighted by Crippen LogP contribution is 2.33. The third-order valence-electron chi connectivity index (χ3n) is 3.64. The summed E-state index contributed by atoms with van der Waals surface area (Å²) in [5.74, 6) is 1.04. The normalized spacial score (nSPS) is 12.2. The van der Waals surface area contributed by atoms with E-state index in [1.165, 1.54) is 12.1 Å². The molecule has 2 aromatic carbocycles. The molecule has 0 saturated heterocycles. The number of halogens is 1. The molecule has 0 spiro atoms. The van der Waals surface area contributed by atoms with Crippen molar-refractivity contribution in [1.29, 1.82) is 0 Å². The van der Waals surface area contributed by atoms with E-state index in [1.807, 2.05) is 24.3 Å². The minimum absolute atomic E-state index is 0.237. The van der Waals surface area contributed by atoms with E-state index in [4.69, 9.17) is 4.74 Å². The Morgan fingerprint density at radius 3 is 2.68 bits per heavy atom. The number of aromatic amines is 1. The summed E-state index contributed by atoms with van der Waals surface area (Å²) >= 11 is 0. The fraction of sp³-hybridized carbons (Fsp3) is 0.0588. The van der Waals surface area contributed by atoms with Crippen molar-refractivity contribution in [2.45, 2.75) is 6.42 Å². The molecule has 22 heavy (non-hydrogen) atoms. The first-order valence-corrected chi connectivity index (χ1v) is 6.85. The largest absolute Gasteiger partial charge is 0.438 e. The molecule has 0 atom stereocenters. The Labute approximate surface area is 125 Å². The highest BCUT2D eigenvalue weighted by molar-refractivity contribution is 5.57. The molecular weight excluding hydrogens is 283 g/mol. The molecule has 0 radical (unpaired) electrons. The molecule has 0 bridgehead atoms. The molecular formula is C17H11FN2O2. The van der Waals surface area contributed by atoms with Crippen LogP contribution in [0.5, 0.6) is 11.6 Å². The molecule has 3 aromatic rings. The second-order valence-corrected chi connectivity index (χ2v) is 5.09. The van der Waals surface area contributed by atoms with Gasteiger partial charge in [-0.2, -0.15) is 4.98 Å². The van der Waals surface area contributed by atoms with Crippen LogP contribution in [-0.4, -0.2) is 9.97 Å². The van der Waals surface area contributed by atoms with E-state index in [0.29, 0.717) is 35.0 Å². The molecule has 0 amide bonds. The number of fused-ring (bicyclic) bond motifs is 2. The Bertz CT molecular complexity index is 917. The van der Waals surface area contributed by atoms with E-state index in [2.05, 4.69) is 9.97 Å². The Kier molecular flexibility index (Phi) is 2.79. The number of nitrogens with zero attached hydrogens (tertiary/aromatic N) is 1. The van der Waals surface area contributed by atoms with Gasteiger partial charge in [0.05, 0.1) is 5.56 Å². The zero-order valence-corrected chi connectivity index (χ0v) is 11.5. The van der Waals surface area contributed by atoms with Gasteiger partial charge in [-0.25, -0.2) is 4.39 Å². The fourth-order valence-electron chi connectivity index (χ4n) is 2.51.